The third-order valence-electron chi connectivity index (χ3n) is 5.09. The van der Waals surface area contributed by atoms with Gasteiger partial charge in [0.1, 0.15) is 11.4 Å². The van der Waals surface area contributed by atoms with Gasteiger partial charge in [-0.05, 0) is 23.8 Å². The zero-order chi connectivity index (χ0) is 20.9. The standard InChI is InChI=1S/C24H22ClN3O2/c1-30-22-10-6-5-9-19(22)20(13-24(29)27-14-17-7-3-2-4-8-17)21-15-26-23-12-11-18(25)16-28(21)23/h2-12,15-16,20H,13-14H2,1H3,(H,27,29). The maximum Gasteiger partial charge on any atom is 0.221 e. The molecule has 1 amide bonds. The number of carbonyl (C=O) groups is 1. The van der Waals surface area contributed by atoms with Crippen molar-refractivity contribution in [2.24, 2.45) is 0 Å². The quantitative estimate of drug-likeness (QED) is 0.466. The number of aromatic nitrogens is 2. The van der Waals surface area contributed by atoms with E-state index in [4.69, 9.17) is 16.3 Å². The van der Waals surface area contributed by atoms with Gasteiger partial charge in [0.2, 0.25) is 5.91 Å². The zero-order valence-corrected chi connectivity index (χ0v) is 17.3. The minimum atomic E-state index is -0.245. The first-order valence-corrected chi connectivity index (χ1v) is 10.1. The molecule has 4 aromatic rings. The number of methoxy groups -OCH3 is 1. The molecule has 0 aliphatic carbocycles. The molecule has 0 radical (unpaired) electrons. The fourth-order valence-corrected chi connectivity index (χ4v) is 3.77. The number of nitrogens with zero attached hydrogens (tertiary/aromatic N) is 2. The van der Waals surface area contributed by atoms with Crippen LogP contribution < -0.4 is 10.1 Å². The van der Waals surface area contributed by atoms with Gasteiger partial charge in [0.25, 0.3) is 0 Å². The van der Waals surface area contributed by atoms with Crippen LogP contribution in [0.3, 0.4) is 0 Å². The lowest BCUT2D eigenvalue weighted by atomic mass is 9.91. The first-order valence-electron chi connectivity index (χ1n) is 9.72. The molecule has 0 aliphatic heterocycles. The Morgan fingerprint density at radius 2 is 1.87 bits per heavy atom. The molecular formula is C24H22ClN3O2. The third-order valence-corrected chi connectivity index (χ3v) is 5.32. The second kappa shape index (κ2) is 9.01. The minimum absolute atomic E-state index is 0.0493. The zero-order valence-electron chi connectivity index (χ0n) is 16.6. The number of para-hydroxylation sites is 1. The molecular weight excluding hydrogens is 398 g/mol. The van der Waals surface area contributed by atoms with E-state index < -0.39 is 0 Å². The topological polar surface area (TPSA) is 55.6 Å². The first-order chi connectivity index (χ1) is 14.7. The Morgan fingerprint density at radius 1 is 1.10 bits per heavy atom. The van der Waals surface area contributed by atoms with Crippen LogP contribution in [0.25, 0.3) is 5.65 Å². The van der Waals surface area contributed by atoms with E-state index in [1.165, 1.54) is 0 Å². The van der Waals surface area contributed by atoms with E-state index in [2.05, 4.69) is 10.3 Å². The monoisotopic (exact) mass is 419 g/mol. The highest BCUT2D eigenvalue weighted by Gasteiger charge is 2.24. The highest BCUT2D eigenvalue weighted by Crippen LogP contribution is 2.35. The highest BCUT2D eigenvalue weighted by atomic mass is 35.5. The summed E-state index contributed by atoms with van der Waals surface area (Å²) in [6.45, 7) is 0.483. The van der Waals surface area contributed by atoms with Gasteiger partial charge in [-0.1, -0.05) is 60.1 Å². The first kappa shape index (κ1) is 20.0. The van der Waals surface area contributed by atoms with Gasteiger partial charge < -0.3 is 14.5 Å². The van der Waals surface area contributed by atoms with Crippen LogP contribution in [0.5, 0.6) is 5.75 Å². The number of ether oxygens (including phenoxy) is 1. The number of benzene rings is 2. The Bertz CT molecular complexity index is 1160. The van der Waals surface area contributed by atoms with Crippen LogP contribution in [0.1, 0.15) is 29.2 Å². The van der Waals surface area contributed by atoms with Crippen molar-refractivity contribution in [1.29, 1.82) is 0 Å². The molecule has 0 fully saturated rings. The molecule has 5 nitrogen and oxygen atoms in total. The molecule has 0 saturated carbocycles. The Morgan fingerprint density at radius 3 is 2.67 bits per heavy atom. The minimum Gasteiger partial charge on any atom is -0.496 e. The van der Waals surface area contributed by atoms with Crippen molar-refractivity contribution in [2.75, 3.05) is 7.11 Å². The van der Waals surface area contributed by atoms with Crippen LogP contribution in [0.15, 0.2) is 79.1 Å². The van der Waals surface area contributed by atoms with E-state index in [0.29, 0.717) is 11.6 Å². The van der Waals surface area contributed by atoms with Gasteiger partial charge in [-0.3, -0.25) is 4.79 Å². The van der Waals surface area contributed by atoms with Crippen molar-refractivity contribution in [1.82, 2.24) is 14.7 Å². The SMILES string of the molecule is COc1ccccc1C(CC(=O)NCc1ccccc1)c1cnc2ccc(Cl)cn12. The molecule has 4 rings (SSSR count). The summed E-state index contributed by atoms with van der Waals surface area (Å²) in [7, 11) is 1.64. The number of carbonyl (C=O) groups excluding carboxylic acids is 1. The third kappa shape index (κ3) is 4.31. The van der Waals surface area contributed by atoms with Crippen molar-refractivity contribution in [3.63, 3.8) is 0 Å². The fourth-order valence-electron chi connectivity index (χ4n) is 3.61. The molecule has 6 heteroatoms. The Balaban J connectivity index is 1.67. The molecule has 2 aromatic heterocycles. The van der Waals surface area contributed by atoms with Crippen molar-refractivity contribution < 1.29 is 9.53 Å². The summed E-state index contributed by atoms with van der Waals surface area (Å²) in [6.07, 6.45) is 3.88. The van der Waals surface area contributed by atoms with Crippen LogP contribution in [-0.4, -0.2) is 22.4 Å². The maximum absolute atomic E-state index is 12.9. The molecule has 2 aromatic carbocycles. The van der Waals surface area contributed by atoms with Crippen LogP contribution in [-0.2, 0) is 11.3 Å². The van der Waals surface area contributed by atoms with E-state index in [0.717, 1.165) is 28.2 Å². The van der Waals surface area contributed by atoms with Crippen molar-refractivity contribution >= 4 is 23.2 Å². The molecule has 2 heterocycles. The number of hydrogen-bond acceptors (Lipinski definition) is 3. The van der Waals surface area contributed by atoms with Gasteiger partial charge in [0, 0.05) is 36.8 Å². The summed E-state index contributed by atoms with van der Waals surface area (Å²) < 4.78 is 7.52. The largest absolute Gasteiger partial charge is 0.496 e. The molecule has 0 bridgehead atoms. The number of imidazole rings is 1. The molecule has 1 unspecified atom stereocenters. The molecule has 1 N–H and O–H groups in total. The molecule has 152 valence electrons. The summed E-state index contributed by atoms with van der Waals surface area (Å²) in [5.41, 5.74) is 3.64. The number of nitrogens with one attached hydrogen (secondary N) is 1. The lowest BCUT2D eigenvalue weighted by molar-refractivity contribution is -0.121. The Kier molecular flexibility index (Phi) is 6.00. The lowest BCUT2D eigenvalue weighted by Crippen LogP contribution is -2.25. The molecule has 0 aliphatic rings. The average Bonchev–Trinajstić information content (AvgIpc) is 3.19. The van der Waals surface area contributed by atoms with Crippen LogP contribution in [0, 0.1) is 0 Å². The van der Waals surface area contributed by atoms with E-state index in [1.807, 2.05) is 71.3 Å². The molecule has 0 saturated heterocycles. The average molecular weight is 420 g/mol. The number of rotatable bonds is 7. The predicted octanol–water partition coefficient (Wildman–Crippen LogP) is 4.83. The second-order valence-corrected chi connectivity index (χ2v) is 7.46. The Labute approximate surface area is 180 Å². The maximum atomic E-state index is 12.9. The lowest BCUT2D eigenvalue weighted by Gasteiger charge is -2.20. The van der Waals surface area contributed by atoms with Crippen molar-refractivity contribution in [2.45, 2.75) is 18.9 Å². The smallest absolute Gasteiger partial charge is 0.221 e. The van der Waals surface area contributed by atoms with Gasteiger partial charge in [0.15, 0.2) is 0 Å². The summed E-state index contributed by atoms with van der Waals surface area (Å²) in [4.78, 5) is 17.4. The van der Waals surface area contributed by atoms with Gasteiger partial charge in [-0.25, -0.2) is 4.98 Å². The number of hydrogen-bond donors (Lipinski definition) is 1. The molecule has 0 spiro atoms. The predicted molar refractivity (Wildman–Crippen MR) is 118 cm³/mol. The van der Waals surface area contributed by atoms with E-state index >= 15 is 0 Å². The van der Waals surface area contributed by atoms with Gasteiger partial charge in [0.05, 0.1) is 17.8 Å². The summed E-state index contributed by atoms with van der Waals surface area (Å²) in [5, 5.41) is 3.63. The van der Waals surface area contributed by atoms with E-state index in [1.54, 1.807) is 19.4 Å². The number of halogens is 1. The van der Waals surface area contributed by atoms with Crippen LogP contribution in [0.4, 0.5) is 0 Å². The number of amides is 1. The summed E-state index contributed by atoms with van der Waals surface area (Å²) >= 11 is 6.23. The molecule has 1 atom stereocenters. The van der Waals surface area contributed by atoms with Crippen LogP contribution >= 0.6 is 11.6 Å². The van der Waals surface area contributed by atoms with Gasteiger partial charge in [-0.15, -0.1) is 0 Å². The van der Waals surface area contributed by atoms with Gasteiger partial charge >= 0.3 is 0 Å². The van der Waals surface area contributed by atoms with Gasteiger partial charge in [-0.2, -0.15) is 0 Å². The highest BCUT2D eigenvalue weighted by molar-refractivity contribution is 6.30. The molecule has 30 heavy (non-hydrogen) atoms. The number of fused-ring (bicyclic) bond motifs is 1. The van der Waals surface area contributed by atoms with Crippen molar-refractivity contribution in [3.05, 3.63) is 101 Å². The summed E-state index contributed by atoms with van der Waals surface area (Å²) in [6, 6.07) is 21.3. The fraction of sp³-hybridized carbons (Fsp3) is 0.167. The summed E-state index contributed by atoms with van der Waals surface area (Å²) in [5.74, 6) is 0.437. The number of pyridine rings is 1. The normalized spacial score (nSPS) is 11.9. The van der Waals surface area contributed by atoms with E-state index in [-0.39, 0.29) is 18.2 Å². The second-order valence-electron chi connectivity index (χ2n) is 7.02. The Hall–Kier alpha value is -3.31. The van der Waals surface area contributed by atoms with E-state index in [9.17, 15) is 4.79 Å². The van der Waals surface area contributed by atoms with Crippen LogP contribution in [0.2, 0.25) is 5.02 Å². The van der Waals surface area contributed by atoms with Crippen molar-refractivity contribution in [3.8, 4) is 5.75 Å².